The van der Waals surface area contributed by atoms with E-state index >= 15 is 0 Å². The molecule has 0 fully saturated rings. The van der Waals surface area contributed by atoms with E-state index in [1.165, 1.54) is 0 Å². The first kappa shape index (κ1) is 13.1. The molecule has 0 unspecified atom stereocenters. The Morgan fingerprint density at radius 3 is 2.94 bits per heavy atom. The second-order valence-corrected chi connectivity index (χ2v) is 3.73. The zero-order valence-electron chi connectivity index (χ0n) is 10.3. The molecule has 0 aliphatic heterocycles. The van der Waals surface area contributed by atoms with Crippen molar-refractivity contribution in [1.82, 2.24) is 15.1 Å². The molecule has 0 aliphatic carbocycles. The zero-order chi connectivity index (χ0) is 12.8. The first-order chi connectivity index (χ1) is 8.11. The van der Waals surface area contributed by atoms with Crippen molar-refractivity contribution in [2.75, 3.05) is 12.3 Å². The number of nitrogens with zero attached hydrogens (tertiary/aromatic N) is 2. The second-order valence-electron chi connectivity index (χ2n) is 3.73. The average molecular weight is 234 g/mol. The van der Waals surface area contributed by atoms with Gasteiger partial charge in [-0.3, -0.25) is 9.48 Å². The van der Waals surface area contributed by atoms with Gasteiger partial charge in [-0.1, -0.05) is 0 Å². The van der Waals surface area contributed by atoms with E-state index in [0.29, 0.717) is 36.6 Å². The van der Waals surface area contributed by atoms with Gasteiger partial charge in [-0.25, -0.2) is 0 Å². The molecule has 1 heterocycles. The van der Waals surface area contributed by atoms with Crippen LogP contribution in [0.2, 0.25) is 0 Å². The van der Waals surface area contributed by atoms with Crippen LogP contribution in [0.4, 0.5) is 5.69 Å². The van der Waals surface area contributed by atoms with Crippen LogP contribution in [-0.2, 0) is 6.54 Å². The maximum absolute atomic E-state index is 11.9. The number of hydrogen-bond donors (Lipinski definition) is 2. The molecule has 0 atom stereocenters. The molecule has 92 valence electrons. The lowest BCUT2D eigenvalue weighted by atomic mass is 10.2. The SMILES string of the molecule is C#CCCCNC(=O)c1c(N)c(C)nn1CC. The van der Waals surface area contributed by atoms with Gasteiger partial charge in [-0.05, 0) is 20.3 Å². The molecule has 1 aromatic heterocycles. The van der Waals surface area contributed by atoms with Gasteiger partial charge in [0.15, 0.2) is 0 Å². The van der Waals surface area contributed by atoms with Crippen LogP contribution in [0.25, 0.3) is 0 Å². The molecule has 1 rings (SSSR count). The summed E-state index contributed by atoms with van der Waals surface area (Å²) in [4.78, 5) is 11.9. The number of unbranched alkanes of at least 4 members (excludes halogenated alkanes) is 1. The van der Waals surface area contributed by atoms with Crippen LogP contribution < -0.4 is 11.1 Å². The Labute approximate surface area is 101 Å². The van der Waals surface area contributed by atoms with E-state index in [4.69, 9.17) is 12.2 Å². The summed E-state index contributed by atoms with van der Waals surface area (Å²) in [6.45, 7) is 4.87. The molecule has 0 saturated carbocycles. The van der Waals surface area contributed by atoms with Crippen molar-refractivity contribution in [2.24, 2.45) is 0 Å². The van der Waals surface area contributed by atoms with E-state index in [1.807, 2.05) is 6.92 Å². The number of hydrogen-bond acceptors (Lipinski definition) is 3. The van der Waals surface area contributed by atoms with Crippen LogP contribution in [0.15, 0.2) is 0 Å². The van der Waals surface area contributed by atoms with Crippen LogP contribution in [0, 0.1) is 19.3 Å². The summed E-state index contributed by atoms with van der Waals surface area (Å²) >= 11 is 0. The minimum absolute atomic E-state index is 0.193. The van der Waals surface area contributed by atoms with E-state index in [0.717, 1.165) is 6.42 Å². The van der Waals surface area contributed by atoms with Crippen LogP contribution in [-0.4, -0.2) is 22.2 Å². The standard InChI is InChI=1S/C12H18N4O/c1-4-6-7-8-14-12(17)11-10(13)9(3)15-16(11)5-2/h1H,5-8,13H2,2-3H3,(H,14,17). The molecule has 0 spiro atoms. The number of anilines is 1. The maximum Gasteiger partial charge on any atom is 0.271 e. The fraction of sp³-hybridized carbons (Fsp3) is 0.500. The highest BCUT2D eigenvalue weighted by Crippen LogP contribution is 2.15. The van der Waals surface area contributed by atoms with Crippen molar-refractivity contribution in [3.05, 3.63) is 11.4 Å². The highest BCUT2D eigenvalue weighted by atomic mass is 16.2. The Bertz CT molecular complexity index is 442. The van der Waals surface area contributed by atoms with E-state index in [9.17, 15) is 4.79 Å². The van der Waals surface area contributed by atoms with Gasteiger partial charge in [0.25, 0.3) is 5.91 Å². The molecule has 17 heavy (non-hydrogen) atoms. The molecule has 5 nitrogen and oxygen atoms in total. The quantitative estimate of drug-likeness (QED) is 0.588. The van der Waals surface area contributed by atoms with Crippen LogP contribution in [0.1, 0.15) is 35.9 Å². The van der Waals surface area contributed by atoms with Gasteiger partial charge in [0, 0.05) is 19.5 Å². The predicted molar refractivity (Wildman–Crippen MR) is 67.5 cm³/mol. The highest BCUT2D eigenvalue weighted by Gasteiger charge is 2.18. The van der Waals surface area contributed by atoms with Gasteiger partial charge in [-0.2, -0.15) is 5.10 Å². The summed E-state index contributed by atoms with van der Waals surface area (Å²) in [5.41, 5.74) is 7.40. The van der Waals surface area contributed by atoms with E-state index in [1.54, 1.807) is 11.6 Å². The van der Waals surface area contributed by atoms with Crippen molar-refractivity contribution >= 4 is 11.6 Å². The minimum atomic E-state index is -0.193. The summed E-state index contributed by atoms with van der Waals surface area (Å²) < 4.78 is 1.61. The first-order valence-corrected chi connectivity index (χ1v) is 5.66. The summed E-state index contributed by atoms with van der Waals surface area (Å²) in [6.07, 6.45) is 6.55. The van der Waals surface area contributed by atoms with E-state index in [2.05, 4.69) is 16.3 Å². The third-order valence-electron chi connectivity index (χ3n) is 2.47. The highest BCUT2D eigenvalue weighted by molar-refractivity contribution is 5.97. The average Bonchev–Trinajstić information content (AvgIpc) is 2.61. The number of aryl methyl sites for hydroxylation is 2. The van der Waals surface area contributed by atoms with Crippen molar-refractivity contribution in [2.45, 2.75) is 33.2 Å². The molecular weight excluding hydrogens is 216 g/mol. The topological polar surface area (TPSA) is 72.9 Å². The molecule has 1 amide bonds. The van der Waals surface area contributed by atoms with E-state index in [-0.39, 0.29) is 5.91 Å². The normalized spacial score (nSPS) is 9.94. The number of terminal acetylenes is 1. The first-order valence-electron chi connectivity index (χ1n) is 5.66. The van der Waals surface area contributed by atoms with Crippen LogP contribution in [0.5, 0.6) is 0 Å². The molecule has 3 N–H and O–H groups in total. The van der Waals surface area contributed by atoms with Gasteiger partial charge in [0.05, 0.1) is 11.4 Å². The lowest BCUT2D eigenvalue weighted by molar-refractivity contribution is 0.0943. The van der Waals surface area contributed by atoms with Crippen molar-refractivity contribution in [3.63, 3.8) is 0 Å². The number of aromatic nitrogens is 2. The Morgan fingerprint density at radius 2 is 2.35 bits per heavy atom. The summed E-state index contributed by atoms with van der Waals surface area (Å²) in [6, 6.07) is 0. The summed E-state index contributed by atoms with van der Waals surface area (Å²) in [7, 11) is 0. The molecule has 0 radical (unpaired) electrons. The molecule has 1 aromatic rings. The fourth-order valence-corrected chi connectivity index (χ4v) is 1.54. The van der Waals surface area contributed by atoms with Crippen LogP contribution in [0.3, 0.4) is 0 Å². The third-order valence-corrected chi connectivity index (χ3v) is 2.47. The van der Waals surface area contributed by atoms with Gasteiger partial charge in [0.2, 0.25) is 0 Å². The lowest BCUT2D eigenvalue weighted by Gasteiger charge is -2.06. The molecule has 0 bridgehead atoms. The number of nitrogen functional groups attached to an aromatic ring is 1. The van der Waals surface area contributed by atoms with Gasteiger partial charge in [0.1, 0.15) is 5.69 Å². The minimum Gasteiger partial charge on any atom is -0.395 e. The monoisotopic (exact) mass is 234 g/mol. The zero-order valence-corrected chi connectivity index (χ0v) is 10.3. The molecule has 5 heteroatoms. The number of carbonyl (C=O) groups is 1. The molecular formula is C12H18N4O. The Morgan fingerprint density at radius 1 is 1.65 bits per heavy atom. The number of carbonyl (C=O) groups excluding carboxylic acids is 1. The third kappa shape index (κ3) is 3.00. The Kier molecular flexibility index (Phi) is 4.58. The largest absolute Gasteiger partial charge is 0.395 e. The predicted octanol–water partition coefficient (Wildman–Crippen LogP) is 0.937. The fourth-order valence-electron chi connectivity index (χ4n) is 1.54. The van der Waals surface area contributed by atoms with Gasteiger partial charge >= 0.3 is 0 Å². The van der Waals surface area contributed by atoms with Crippen molar-refractivity contribution < 1.29 is 4.79 Å². The smallest absolute Gasteiger partial charge is 0.271 e. The van der Waals surface area contributed by atoms with Crippen molar-refractivity contribution in [3.8, 4) is 12.3 Å². The van der Waals surface area contributed by atoms with Crippen LogP contribution >= 0.6 is 0 Å². The second kappa shape index (κ2) is 5.94. The Balaban J connectivity index is 2.72. The lowest BCUT2D eigenvalue weighted by Crippen LogP contribution is -2.27. The van der Waals surface area contributed by atoms with Crippen molar-refractivity contribution in [1.29, 1.82) is 0 Å². The van der Waals surface area contributed by atoms with E-state index < -0.39 is 0 Å². The Hall–Kier alpha value is -1.96. The molecule has 0 aromatic carbocycles. The molecule has 0 saturated heterocycles. The summed E-state index contributed by atoms with van der Waals surface area (Å²) in [5, 5.41) is 6.98. The number of nitrogens with one attached hydrogen (secondary N) is 1. The summed E-state index contributed by atoms with van der Waals surface area (Å²) in [5.74, 6) is 2.33. The van der Waals surface area contributed by atoms with Gasteiger partial charge in [-0.15, -0.1) is 12.3 Å². The van der Waals surface area contributed by atoms with Gasteiger partial charge < -0.3 is 11.1 Å². The number of nitrogens with two attached hydrogens (primary N) is 1. The number of rotatable bonds is 5. The number of amides is 1. The maximum atomic E-state index is 11.9. The molecule has 0 aliphatic rings.